The molecule has 2 aliphatic heterocycles. The fourth-order valence-electron chi connectivity index (χ4n) is 3.99. The highest BCUT2D eigenvalue weighted by molar-refractivity contribution is 5.89. The van der Waals surface area contributed by atoms with Crippen LogP contribution in [-0.4, -0.2) is 64.1 Å². The van der Waals surface area contributed by atoms with Crippen LogP contribution in [0.1, 0.15) is 30.2 Å². The average molecular weight is 397 g/mol. The molecule has 0 saturated carbocycles. The summed E-state index contributed by atoms with van der Waals surface area (Å²) < 4.78 is 5.49. The molecule has 4 rings (SSSR count). The molecule has 1 saturated heterocycles. The Morgan fingerprint density at radius 1 is 1.28 bits per heavy atom. The highest BCUT2D eigenvalue weighted by atomic mass is 16.5. The van der Waals surface area contributed by atoms with Crippen LogP contribution in [0.25, 0.3) is 0 Å². The van der Waals surface area contributed by atoms with Crippen LogP contribution in [0.4, 0.5) is 0 Å². The molecule has 0 radical (unpaired) electrons. The minimum atomic E-state index is -0.450. The first-order valence-corrected chi connectivity index (χ1v) is 10.2. The summed E-state index contributed by atoms with van der Waals surface area (Å²) in [6, 6.07) is 7.47. The molecular formula is C21H27N5O3. The highest BCUT2D eigenvalue weighted by Crippen LogP contribution is 2.20. The Morgan fingerprint density at radius 3 is 2.90 bits per heavy atom. The van der Waals surface area contributed by atoms with Crippen molar-refractivity contribution in [2.75, 3.05) is 26.2 Å². The standard InChI is InChI=1S/C21H27N5O3/c1-2-29-17-5-3-15(4-6-17)13-25-10-8-22-21(28)19(25)11-20(27)26-9-7-18-16(14-26)12-23-24-18/h3-6,12,19H,2,7-11,13-14H2,1H3,(H,22,28)(H,23,24). The quantitative estimate of drug-likeness (QED) is 0.761. The SMILES string of the molecule is CCOc1ccc(CN2CCNC(=O)C2CC(=O)N2CCc3[nH]ncc3C2)cc1. The van der Waals surface area contributed by atoms with E-state index in [9.17, 15) is 9.59 Å². The fourth-order valence-corrected chi connectivity index (χ4v) is 3.99. The molecule has 0 aliphatic carbocycles. The summed E-state index contributed by atoms with van der Waals surface area (Å²) in [5, 5.41) is 9.95. The molecule has 1 fully saturated rings. The van der Waals surface area contributed by atoms with E-state index in [-0.39, 0.29) is 18.2 Å². The van der Waals surface area contributed by atoms with Crippen LogP contribution in [-0.2, 0) is 29.1 Å². The number of benzene rings is 1. The number of amides is 2. The summed E-state index contributed by atoms with van der Waals surface area (Å²) in [6.07, 6.45) is 2.74. The minimum Gasteiger partial charge on any atom is -0.494 e. The summed E-state index contributed by atoms with van der Waals surface area (Å²) in [5.74, 6) is 0.773. The number of rotatable bonds is 6. The lowest BCUT2D eigenvalue weighted by molar-refractivity contribution is -0.139. The molecule has 2 aliphatic rings. The van der Waals surface area contributed by atoms with Gasteiger partial charge < -0.3 is 15.0 Å². The summed E-state index contributed by atoms with van der Waals surface area (Å²) in [6.45, 7) is 5.75. The van der Waals surface area contributed by atoms with Crippen LogP contribution in [0.3, 0.4) is 0 Å². The van der Waals surface area contributed by atoms with E-state index in [2.05, 4.69) is 20.4 Å². The fraction of sp³-hybridized carbons (Fsp3) is 0.476. The smallest absolute Gasteiger partial charge is 0.237 e. The van der Waals surface area contributed by atoms with Gasteiger partial charge in [-0.1, -0.05) is 12.1 Å². The Hall–Kier alpha value is -2.87. The number of fused-ring (bicyclic) bond motifs is 1. The number of ether oxygens (including phenoxy) is 1. The number of nitrogens with one attached hydrogen (secondary N) is 2. The Labute approximate surface area is 170 Å². The highest BCUT2D eigenvalue weighted by Gasteiger charge is 2.33. The predicted octanol–water partition coefficient (Wildman–Crippen LogP) is 1.08. The van der Waals surface area contributed by atoms with Gasteiger partial charge in [0.25, 0.3) is 0 Å². The Morgan fingerprint density at radius 2 is 2.10 bits per heavy atom. The zero-order chi connectivity index (χ0) is 20.2. The predicted molar refractivity (Wildman–Crippen MR) is 107 cm³/mol. The Kier molecular flexibility index (Phi) is 5.80. The van der Waals surface area contributed by atoms with Crippen molar-refractivity contribution in [3.05, 3.63) is 47.3 Å². The van der Waals surface area contributed by atoms with E-state index in [1.807, 2.05) is 36.1 Å². The number of carbonyl (C=O) groups is 2. The minimum absolute atomic E-state index is 0.00981. The second kappa shape index (κ2) is 8.65. The topological polar surface area (TPSA) is 90.6 Å². The van der Waals surface area contributed by atoms with Gasteiger partial charge in [0.2, 0.25) is 11.8 Å². The third-order valence-corrected chi connectivity index (χ3v) is 5.58. The molecule has 0 bridgehead atoms. The monoisotopic (exact) mass is 397 g/mol. The van der Waals surface area contributed by atoms with Gasteiger partial charge in [0.05, 0.1) is 25.3 Å². The summed E-state index contributed by atoms with van der Waals surface area (Å²) >= 11 is 0. The number of H-pyrrole nitrogens is 1. The van der Waals surface area contributed by atoms with Crippen molar-refractivity contribution < 1.29 is 14.3 Å². The molecule has 1 atom stereocenters. The van der Waals surface area contributed by atoms with Gasteiger partial charge in [0, 0.05) is 50.4 Å². The van der Waals surface area contributed by atoms with Crippen molar-refractivity contribution >= 4 is 11.8 Å². The number of aromatic nitrogens is 2. The largest absolute Gasteiger partial charge is 0.494 e. The van der Waals surface area contributed by atoms with E-state index < -0.39 is 6.04 Å². The second-order valence-corrected chi connectivity index (χ2v) is 7.50. The van der Waals surface area contributed by atoms with Crippen LogP contribution in [0.15, 0.2) is 30.5 Å². The first-order valence-electron chi connectivity index (χ1n) is 10.2. The molecule has 29 heavy (non-hydrogen) atoms. The number of piperazine rings is 1. The van der Waals surface area contributed by atoms with Gasteiger partial charge in [-0.3, -0.25) is 19.6 Å². The van der Waals surface area contributed by atoms with E-state index in [4.69, 9.17) is 4.74 Å². The van der Waals surface area contributed by atoms with E-state index >= 15 is 0 Å². The van der Waals surface area contributed by atoms with Crippen LogP contribution >= 0.6 is 0 Å². The first-order chi connectivity index (χ1) is 14.1. The van der Waals surface area contributed by atoms with Crippen molar-refractivity contribution in [2.24, 2.45) is 0 Å². The van der Waals surface area contributed by atoms with Crippen LogP contribution in [0, 0.1) is 0 Å². The molecule has 2 amide bonds. The zero-order valence-electron chi connectivity index (χ0n) is 16.7. The van der Waals surface area contributed by atoms with E-state index in [1.54, 1.807) is 6.20 Å². The van der Waals surface area contributed by atoms with Crippen molar-refractivity contribution in [1.82, 2.24) is 25.3 Å². The normalized spacial score (nSPS) is 19.6. The lowest BCUT2D eigenvalue weighted by Crippen LogP contribution is -2.56. The summed E-state index contributed by atoms with van der Waals surface area (Å²) in [7, 11) is 0. The lowest BCUT2D eigenvalue weighted by Gasteiger charge is -2.36. The van der Waals surface area contributed by atoms with Gasteiger partial charge in [0.15, 0.2) is 0 Å². The number of hydrogen-bond acceptors (Lipinski definition) is 5. The van der Waals surface area contributed by atoms with Gasteiger partial charge in [-0.25, -0.2) is 0 Å². The third-order valence-electron chi connectivity index (χ3n) is 5.58. The van der Waals surface area contributed by atoms with Gasteiger partial charge in [-0.15, -0.1) is 0 Å². The number of aromatic amines is 1. The molecule has 1 aromatic heterocycles. The van der Waals surface area contributed by atoms with Crippen LogP contribution in [0.5, 0.6) is 5.75 Å². The maximum Gasteiger partial charge on any atom is 0.237 e. The Balaban J connectivity index is 1.41. The third kappa shape index (κ3) is 4.42. The van der Waals surface area contributed by atoms with E-state index in [0.717, 1.165) is 35.5 Å². The Bertz CT molecular complexity index is 863. The molecule has 0 spiro atoms. The van der Waals surface area contributed by atoms with Crippen molar-refractivity contribution in [3.8, 4) is 5.75 Å². The van der Waals surface area contributed by atoms with Gasteiger partial charge in [0.1, 0.15) is 5.75 Å². The van der Waals surface area contributed by atoms with E-state index in [0.29, 0.717) is 32.8 Å². The second-order valence-electron chi connectivity index (χ2n) is 7.50. The molecule has 1 unspecified atom stereocenters. The van der Waals surface area contributed by atoms with E-state index in [1.165, 1.54) is 0 Å². The van der Waals surface area contributed by atoms with Crippen molar-refractivity contribution in [3.63, 3.8) is 0 Å². The molecule has 2 N–H and O–H groups in total. The maximum absolute atomic E-state index is 12.9. The molecule has 2 aromatic rings. The molecule has 8 heteroatoms. The number of nitrogens with zero attached hydrogens (tertiary/aromatic N) is 3. The molecular weight excluding hydrogens is 370 g/mol. The van der Waals surface area contributed by atoms with Crippen LogP contribution < -0.4 is 10.1 Å². The van der Waals surface area contributed by atoms with Crippen LogP contribution in [0.2, 0.25) is 0 Å². The maximum atomic E-state index is 12.9. The molecule has 154 valence electrons. The van der Waals surface area contributed by atoms with Gasteiger partial charge in [-0.05, 0) is 24.6 Å². The number of hydrogen-bond donors (Lipinski definition) is 2. The lowest BCUT2D eigenvalue weighted by atomic mass is 10.0. The van der Waals surface area contributed by atoms with Crippen molar-refractivity contribution in [2.45, 2.75) is 38.9 Å². The van der Waals surface area contributed by atoms with Crippen molar-refractivity contribution in [1.29, 1.82) is 0 Å². The van der Waals surface area contributed by atoms with Gasteiger partial charge in [-0.2, -0.15) is 5.10 Å². The zero-order valence-corrected chi connectivity index (χ0v) is 16.7. The summed E-state index contributed by atoms with van der Waals surface area (Å²) in [5.41, 5.74) is 3.26. The molecule has 8 nitrogen and oxygen atoms in total. The average Bonchev–Trinajstić information content (AvgIpc) is 3.20. The molecule has 1 aromatic carbocycles. The number of carbonyl (C=O) groups excluding carboxylic acids is 2. The summed E-state index contributed by atoms with van der Waals surface area (Å²) in [4.78, 5) is 29.4. The first kappa shape index (κ1) is 19.4. The van der Waals surface area contributed by atoms with Gasteiger partial charge >= 0.3 is 0 Å². The molecule has 3 heterocycles.